The summed E-state index contributed by atoms with van der Waals surface area (Å²) in [5.74, 6) is 0.370. The first-order valence-corrected chi connectivity index (χ1v) is 9.58. The number of hydrogen-bond donors (Lipinski definition) is 3. The van der Waals surface area contributed by atoms with Gasteiger partial charge in [-0.1, -0.05) is 6.07 Å². The standard InChI is InChI=1S/C20H18N4O3S/c1-11-19(26)23-16-8-13(6-7-18(16)27-11)17-10-28-20(24-17)22-15-5-3-4-14(9-15)21-12(2)25/h3-11H,1-2H3,(H,21,25)(H,22,24)(H,23,26). The van der Waals surface area contributed by atoms with Crippen molar-refractivity contribution in [2.24, 2.45) is 0 Å². The summed E-state index contributed by atoms with van der Waals surface area (Å²) in [4.78, 5) is 27.6. The van der Waals surface area contributed by atoms with Crippen LogP contribution in [0, 0.1) is 0 Å². The maximum absolute atomic E-state index is 11.8. The third-order valence-electron chi connectivity index (χ3n) is 4.14. The number of fused-ring (bicyclic) bond motifs is 1. The highest BCUT2D eigenvalue weighted by molar-refractivity contribution is 7.14. The average Bonchev–Trinajstić information content (AvgIpc) is 3.10. The van der Waals surface area contributed by atoms with E-state index in [1.54, 1.807) is 6.92 Å². The second kappa shape index (κ2) is 7.32. The van der Waals surface area contributed by atoms with Crippen LogP contribution < -0.4 is 20.7 Å². The van der Waals surface area contributed by atoms with Crippen LogP contribution in [0.2, 0.25) is 0 Å². The minimum absolute atomic E-state index is 0.119. The van der Waals surface area contributed by atoms with E-state index in [0.717, 1.165) is 22.1 Å². The number of carbonyl (C=O) groups excluding carboxylic acids is 2. The number of benzene rings is 2. The number of amides is 2. The smallest absolute Gasteiger partial charge is 0.265 e. The van der Waals surface area contributed by atoms with Crippen molar-refractivity contribution in [3.63, 3.8) is 0 Å². The molecule has 2 aromatic carbocycles. The second-order valence-electron chi connectivity index (χ2n) is 6.39. The Kier molecular flexibility index (Phi) is 4.70. The summed E-state index contributed by atoms with van der Waals surface area (Å²) in [5.41, 5.74) is 3.86. The number of aromatic nitrogens is 1. The zero-order chi connectivity index (χ0) is 19.7. The van der Waals surface area contributed by atoms with E-state index >= 15 is 0 Å². The summed E-state index contributed by atoms with van der Waals surface area (Å²) in [6, 6.07) is 13.0. The van der Waals surface area contributed by atoms with Gasteiger partial charge in [0.25, 0.3) is 5.91 Å². The Morgan fingerprint density at radius 3 is 2.86 bits per heavy atom. The van der Waals surface area contributed by atoms with E-state index in [1.807, 2.05) is 47.8 Å². The molecule has 1 unspecified atom stereocenters. The minimum atomic E-state index is -0.498. The van der Waals surface area contributed by atoms with Crippen molar-refractivity contribution in [3.05, 3.63) is 47.8 Å². The highest BCUT2D eigenvalue weighted by atomic mass is 32.1. The summed E-state index contributed by atoms with van der Waals surface area (Å²) in [7, 11) is 0. The Labute approximate surface area is 165 Å². The van der Waals surface area contributed by atoms with Crippen LogP contribution in [0.3, 0.4) is 0 Å². The van der Waals surface area contributed by atoms with Gasteiger partial charge >= 0.3 is 0 Å². The SMILES string of the molecule is CC(=O)Nc1cccc(Nc2nc(-c3ccc4c(c3)NC(=O)C(C)O4)cs2)c1. The quantitative estimate of drug-likeness (QED) is 0.616. The number of thiazole rings is 1. The lowest BCUT2D eigenvalue weighted by Gasteiger charge is -2.23. The zero-order valence-electron chi connectivity index (χ0n) is 15.3. The number of rotatable bonds is 4. The molecule has 142 valence electrons. The van der Waals surface area contributed by atoms with Crippen molar-refractivity contribution in [1.29, 1.82) is 0 Å². The number of hydrogen-bond acceptors (Lipinski definition) is 6. The normalized spacial score (nSPS) is 15.2. The molecule has 0 fully saturated rings. The first-order valence-electron chi connectivity index (χ1n) is 8.70. The van der Waals surface area contributed by atoms with Crippen LogP contribution in [-0.2, 0) is 9.59 Å². The van der Waals surface area contributed by atoms with Gasteiger partial charge in [0.15, 0.2) is 11.2 Å². The monoisotopic (exact) mass is 394 g/mol. The Hall–Kier alpha value is -3.39. The summed E-state index contributed by atoms with van der Waals surface area (Å²) >= 11 is 1.47. The van der Waals surface area contributed by atoms with Crippen molar-refractivity contribution in [2.45, 2.75) is 20.0 Å². The Bertz CT molecular complexity index is 1060. The van der Waals surface area contributed by atoms with E-state index in [2.05, 4.69) is 20.9 Å². The number of ether oxygens (including phenoxy) is 1. The van der Waals surface area contributed by atoms with Gasteiger partial charge in [-0.15, -0.1) is 11.3 Å². The first-order chi connectivity index (χ1) is 13.5. The summed E-state index contributed by atoms with van der Waals surface area (Å²) in [5, 5.41) is 11.5. The lowest BCUT2D eigenvalue weighted by atomic mass is 10.1. The fourth-order valence-electron chi connectivity index (χ4n) is 2.83. The van der Waals surface area contributed by atoms with Crippen molar-refractivity contribution >= 4 is 45.3 Å². The lowest BCUT2D eigenvalue weighted by molar-refractivity contribution is -0.122. The van der Waals surface area contributed by atoms with Crippen molar-refractivity contribution in [1.82, 2.24) is 4.98 Å². The molecule has 1 aliphatic rings. The van der Waals surface area contributed by atoms with Crippen LogP contribution in [0.15, 0.2) is 47.8 Å². The number of carbonyl (C=O) groups is 2. The minimum Gasteiger partial charge on any atom is -0.479 e. The van der Waals surface area contributed by atoms with Gasteiger partial charge in [0, 0.05) is 29.2 Å². The molecule has 7 nitrogen and oxygen atoms in total. The molecule has 0 saturated carbocycles. The van der Waals surface area contributed by atoms with E-state index in [9.17, 15) is 9.59 Å². The number of nitrogens with one attached hydrogen (secondary N) is 3. The molecule has 3 aromatic rings. The molecule has 2 heterocycles. The molecule has 4 rings (SSSR count). The highest BCUT2D eigenvalue weighted by Crippen LogP contribution is 2.35. The topological polar surface area (TPSA) is 92.4 Å². The van der Waals surface area contributed by atoms with E-state index in [0.29, 0.717) is 17.1 Å². The van der Waals surface area contributed by atoms with Gasteiger partial charge < -0.3 is 20.7 Å². The summed E-state index contributed by atoms with van der Waals surface area (Å²) in [6.45, 7) is 3.19. The van der Waals surface area contributed by atoms with Gasteiger partial charge in [0.2, 0.25) is 5.91 Å². The Morgan fingerprint density at radius 1 is 1.21 bits per heavy atom. The van der Waals surface area contributed by atoms with E-state index in [1.165, 1.54) is 18.3 Å². The second-order valence-corrected chi connectivity index (χ2v) is 7.24. The number of anilines is 4. The molecule has 0 radical (unpaired) electrons. The molecular weight excluding hydrogens is 376 g/mol. The highest BCUT2D eigenvalue weighted by Gasteiger charge is 2.23. The molecule has 1 aliphatic heterocycles. The average molecular weight is 394 g/mol. The van der Waals surface area contributed by atoms with Crippen LogP contribution in [0.25, 0.3) is 11.3 Å². The third-order valence-corrected chi connectivity index (χ3v) is 4.90. The largest absolute Gasteiger partial charge is 0.479 e. The molecule has 0 saturated heterocycles. The molecule has 0 bridgehead atoms. The van der Waals surface area contributed by atoms with Gasteiger partial charge in [-0.05, 0) is 43.3 Å². The van der Waals surface area contributed by atoms with E-state index in [-0.39, 0.29) is 11.8 Å². The molecule has 28 heavy (non-hydrogen) atoms. The van der Waals surface area contributed by atoms with Gasteiger partial charge in [-0.25, -0.2) is 4.98 Å². The van der Waals surface area contributed by atoms with Crippen LogP contribution in [0.4, 0.5) is 22.2 Å². The number of nitrogens with zero attached hydrogens (tertiary/aromatic N) is 1. The maximum atomic E-state index is 11.8. The summed E-state index contributed by atoms with van der Waals surface area (Å²) < 4.78 is 5.59. The molecule has 2 amide bonds. The zero-order valence-corrected chi connectivity index (χ0v) is 16.1. The predicted octanol–water partition coefficient (Wildman–Crippen LogP) is 4.23. The fourth-order valence-corrected chi connectivity index (χ4v) is 3.57. The van der Waals surface area contributed by atoms with E-state index in [4.69, 9.17) is 4.74 Å². The molecular formula is C20H18N4O3S. The van der Waals surface area contributed by atoms with Gasteiger partial charge in [-0.2, -0.15) is 0 Å². The van der Waals surface area contributed by atoms with Crippen LogP contribution in [-0.4, -0.2) is 22.9 Å². The first kappa shape index (κ1) is 18.0. The van der Waals surface area contributed by atoms with Crippen LogP contribution in [0.1, 0.15) is 13.8 Å². The van der Waals surface area contributed by atoms with E-state index < -0.39 is 6.10 Å². The maximum Gasteiger partial charge on any atom is 0.265 e. The van der Waals surface area contributed by atoms with Crippen molar-refractivity contribution in [3.8, 4) is 17.0 Å². The van der Waals surface area contributed by atoms with Gasteiger partial charge in [0.1, 0.15) is 5.75 Å². The predicted molar refractivity (Wildman–Crippen MR) is 110 cm³/mol. The molecule has 1 aromatic heterocycles. The van der Waals surface area contributed by atoms with Crippen molar-refractivity contribution in [2.75, 3.05) is 16.0 Å². The lowest BCUT2D eigenvalue weighted by Crippen LogP contribution is -2.34. The molecule has 0 spiro atoms. The molecule has 1 atom stereocenters. The van der Waals surface area contributed by atoms with Crippen LogP contribution in [0.5, 0.6) is 5.75 Å². The molecule has 0 aliphatic carbocycles. The van der Waals surface area contributed by atoms with Gasteiger partial charge in [0.05, 0.1) is 11.4 Å². The molecule has 3 N–H and O–H groups in total. The third kappa shape index (κ3) is 3.81. The Balaban J connectivity index is 1.53. The van der Waals surface area contributed by atoms with Crippen molar-refractivity contribution < 1.29 is 14.3 Å². The summed E-state index contributed by atoms with van der Waals surface area (Å²) in [6.07, 6.45) is -0.498. The van der Waals surface area contributed by atoms with Gasteiger partial charge in [-0.3, -0.25) is 9.59 Å². The van der Waals surface area contributed by atoms with Crippen LogP contribution >= 0.6 is 11.3 Å². The fraction of sp³-hybridized carbons (Fsp3) is 0.150. The molecule has 8 heteroatoms. The Morgan fingerprint density at radius 2 is 2.04 bits per heavy atom.